The van der Waals surface area contributed by atoms with Gasteiger partial charge in [0.1, 0.15) is 0 Å². The van der Waals surface area contributed by atoms with Gasteiger partial charge in [-0.3, -0.25) is 0 Å². The van der Waals surface area contributed by atoms with Gasteiger partial charge in [-0.05, 0) is 43.6 Å². The number of hydrogen-bond donors (Lipinski definition) is 1. The Morgan fingerprint density at radius 1 is 1.08 bits per heavy atom. The van der Waals surface area contributed by atoms with Crippen LogP contribution in [-0.4, -0.2) is 35.0 Å². The standard InChI is InChI=1S/C19H20N4O2/c1-11-3-5-16-13(7-11)14-8-12(2)4-6-17(14)23(16)18-10-25-9-15(19(18)24)21-22-20/h3-8,15,18-19,24H,9-10H2,1-2H3/t15-,18+,19+/m1/s1. The summed E-state index contributed by atoms with van der Waals surface area (Å²) in [6.45, 7) is 4.79. The van der Waals surface area contributed by atoms with Gasteiger partial charge in [-0.15, -0.1) is 0 Å². The quantitative estimate of drug-likeness (QED) is 0.435. The first kappa shape index (κ1) is 16.0. The smallest absolute Gasteiger partial charge is 0.0888 e. The zero-order valence-electron chi connectivity index (χ0n) is 14.3. The molecule has 2 aromatic carbocycles. The summed E-state index contributed by atoms with van der Waals surface area (Å²) in [5.41, 5.74) is 13.2. The number of azide groups is 1. The lowest BCUT2D eigenvalue weighted by Crippen LogP contribution is -2.43. The zero-order valence-corrected chi connectivity index (χ0v) is 14.3. The Morgan fingerprint density at radius 2 is 1.68 bits per heavy atom. The maximum absolute atomic E-state index is 10.8. The van der Waals surface area contributed by atoms with Crippen molar-refractivity contribution in [3.05, 3.63) is 58.0 Å². The number of benzene rings is 2. The maximum Gasteiger partial charge on any atom is 0.0888 e. The fourth-order valence-electron chi connectivity index (χ4n) is 3.80. The Kier molecular flexibility index (Phi) is 3.88. The van der Waals surface area contributed by atoms with Crippen LogP contribution in [0.3, 0.4) is 0 Å². The third-order valence-corrected chi connectivity index (χ3v) is 5.01. The second-order valence-corrected chi connectivity index (χ2v) is 6.78. The SMILES string of the molecule is Cc1ccc2c(c1)c1cc(C)ccc1n2[C@H]1COC[C@@H](N=[N+]=[N-])[C@@H]1O. The van der Waals surface area contributed by atoms with E-state index < -0.39 is 12.1 Å². The van der Waals surface area contributed by atoms with E-state index in [0.717, 1.165) is 21.8 Å². The van der Waals surface area contributed by atoms with Crippen molar-refractivity contribution in [1.82, 2.24) is 4.57 Å². The molecule has 4 rings (SSSR count). The van der Waals surface area contributed by atoms with Crippen molar-refractivity contribution in [3.63, 3.8) is 0 Å². The molecule has 0 radical (unpaired) electrons. The third-order valence-electron chi connectivity index (χ3n) is 5.01. The second kappa shape index (κ2) is 6.08. The van der Waals surface area contributed by atoms with E-state index in [4.69, 9.17) is 10.3 Å². The Balaban J connectivity index is 1.98. The highest BCUT2D eigenvalue weighted by molar-refractivity contribution is 6.08. The number of hydrogen-bond acceptors (Lipinski definition) is 3. The summed E-state index contributed by atoms with van der Waals surface area (Å²) in [4.78, 5) is 2.85. The summed E-state index contributed by atoms with van der Waals surface area (Å²) < 4.78 is 7.77. The predicted octanol–water partition coefficient (Wildman–Crippen LogP) is 4.02. The molecule has 6 nitrogen and oxygen atoms in total. The lowest BCUT2D eigenvalue weighted by atomic mass is 10.0. The number of ether oxygens (including phenoxy) is 1. The van der Waals surface area contributed by atoms with E-state index in [1.165, 1.54) is 11.1 Å². The Labute approximate surface area is 145 Å². The molecular weight excluding hydrogens is 316 g/mol. The number of nitrogens with zero attached hydrogens (tertiary/aromatic N) is 4. The molecular formula is C19H20N4O2. The van der Waals surface area contributed by atoms with Gasteiger partial charge in [-0.1, -0.05) is 28.4 Å². The van der Waals surface area contributed by atoms with Crippen LogP contribution in [0.15, 0.2) is 41.5 Å². The molecule has 0 bridgehead atoms. The maximum atomic E-state index is 10.8. The minimum atomic E-state index is -0.786. The van der Waals surface area contributed by atoms with E-state index in [9.17, 15) is 5.11 Å². The summed E-state index contributed by atoms with van der Waals surface area (Å²) >= 11 is 0. The molecule has 3 atom stereocenters. The fraction of sp³-hybridized carbons (Fsp3) is 0.368. The molecule has 128 valence electrons. The summed E-state index contributed by atoms with van der Waals surface area (Å²) in [7, 11) is 0. The first-order valence-electron chi connectivity index (χ1n) is 8.41. The largest absolute Gasteiger partial charge is 0.390 e. The summed E-state index contributed by atoms with van der Waals surface area (Å²) in [6, 6.07) is 11.8. The molecule has 0 spiro atoms. The topological polar surface area (TPSA) is 83.2 Å². The molecule has 0 saturated carbocycles. The van der Waals surface area contributed by atoms with E-state index in [0.29, 0.717) is 6.61 Å². The zero-order chi connectivity index (χ0) is 17.6. The molecule has 0 aliphatic carbocycles. The highest BCUT2D eigenvalue weighted by Gasteiger charge is 2.34. The van der Waals surface area contributed by atoms with Crippen LogP contribution in [0.4, 0.5) is 0 Å². The number of rotatable bonds is 2. The molecule has 0 amide bonds. The van der Waals surface area contributed by atoms with Gasteiger partial charge in [-0.2, -0.15) is 0 Å². The van der Waals surface area contributed by atoms with Crippen LogP contribution in [0.1, 0.15) is 17.2 Å². The third kappa shape index (κ3) is 2.55. The Hall–Kier alpha value is -2.53. The molecule has 6 heteroatoms. The lowest BCUT2D eigenvalue weighted by molar-refractivity contribution is -0.0413. The van der Waals surface area contributed by atoms with Gasteiger partial charge in [0, 0.05) is 26.7 Å². The van der Waals surface area contributed by atoms with Crippen molar-refractivity contribution in [3.8, 4) is 0 Å². The minimum absolute atomic E-state index is 0.247. The highest BCUT2D eigenvalue weighted by atomic mass is 16.5. The van der Waals surface area contributed by atoms with Gasteiger partial charge in [0.2, 0.25) is 0 Å². The van der Waals surface area contributed by atoms with E-state index in [-0.39, 0.29) is 12.6 Å². The predicted molar refractivity (Wildman–Crippen MR) is 97.7 cm³/mol. The lowest BCUT2D eigenvalue weighted by Gasteiger charge is -2.34. The van der Waals surface area contributed by atoms with Gasteiger partial charge >= 0.3 is 0 Å². The van der Waals surface area contributed by atoms with Gasteiger partial charge < -0.3 is 14.4 Å². The molecule has 1 aromatic heterocycles. The molecule has 25 heavy (non-hydrogen) atoms. The van der Waals surface area contributed by atoms with Gasteiger partial charge in [0.25, 0.3) is 0 Å². The molecule has 1 aliphatic rings. The molecule has 1 fully saturated rings. The molecule has 1 N–H and O–H groups in total. The highest BCUT2D eigenvalue weighted by Crippen LogP contribution is 2.36. The number of aromatic nitrogens is 1. The van der Waals surface area contributed by atoms with Crippen LogP contribution < -0.4 is 0 Å². The van der Waals surface area contributed by atoms with Gasteiger partial charge in [-0.25, -0.2) is 0 Å². The van der Waals surface area contributed by atoms with Crippen LogP contribution in [-0.2, 0) is 4.74 Å². The van der Waals surface area contributed by atoms with E-state index in [1.54, 1.807) is 0 Å². The Morgan fingerprint density at radius 3 is 2.24 bits per heavy atom. The molecule has 2 heterocycles. The van der Waals surface area contributed by atoms with Crippen LogP contribution in [0.5, 0.6) is 0 Å². The van der Waals surface area contributed by atoms with Gasteiger partial charge in [0.15, 0.2) is 0 Å². The summed E-state index contributed by atoms with van der Waals surface area (Å²) in [5, 5.41) is 16.8. The van der Waals surface area contributed by atoms with E-state index in [2.05, 4.69) is 64.8 Å². The van der Waals surface area contributed by atoms with Crippen LogP contribution in [0.2, 0.25) is 0 Å². The number of fused-ring (bicyclic) bond motifs is 3. The van der Waals surface area contributed by atoms with Crippen molar-refractivity contribution in [2.45, 2.75) is 32.0 Å². The van der Waals surface area contributed by atoms with Crippen LogP contribution in [0.25, 0.3) is 32.2 Å². The van der Waals surface area contributed by atoms with Crippen molar-refractivity contribution in [1.29, 1.82) is 0 Å². The molecule has 3 aromatic rings. The normalized spacial score (nSPS) is 23.7. The molecule has 0 unspecified atom stereocenters. The monoisotopic (exact) mass is 336 g/mol. The fourth-order valence-corrected chi connectivity index (χ4v) is 3.80. The average molecular weight is 336 g/mol. The number of aliphatic hydroxyl groups excluding tert-OH is 1. The van der Waals surface area contributed by atoms with Crippen LogP contribution in [0, 0.1) is 13.8 Å². The number of aliphatic hydroxyl groups is 1. The molecule has 1 saturated heterocycles. The van der Waals surface area contributed by atoms with Crippen LogP contribution >= 0.6 is 0 Å². The first-order chi connectivity index (χ1) is 12.1. The van der Waals surface area contributed by atoms with E-state index in [1.807, 2.05) is 0 Å². The van der Waals surface area contributed by atoms with Crippen molar-refractivity contribution in [2.24, 2.45) is 5.11 Å². The first-order valence-corrected chi connectivity index (χ1v) is 8.41. The average Bonchev–Trinajstić information content (AvgIpc) is 2.90. The van der Waals surface area contributed by atoms with E-state index >= 15 is 0 Å². The number of aryl methyl sites for hydroxylation is 2. The molecule has 1 aliphatic heterocycles. The summed E-state index contributed by atoms with van der Waals surface area (Å²) in [5.74, 6) is 0. The summed E-state index contributed by atoms with van der Waals surface area (Å²) in [6.07, 6.45) is -0.786. The minimum Gasteiger partial charge on any atom is -0.390 e. The van der Waals surface area contributed by atoms with Crippen molar-refractivity contribution in [2.75, 3.05) is 13.2 Å². The van der Waals surface area contributed by atoms with Crippen molar-refractivity contribution < 1.29 is 9.84 Å². The van der Waals surface area contributed by atoms with Crippen molar-refractivity contribution >= 4 is 21.8 Å². The Bertz CT molecular complexity index is 944. The van der Waals surface area contributed by atoms with Gasteiger partial charge in [0.05, 0.1) is 31.4 Å². The second-order valence-electron chi connectivity index (χ2n) is 6.78.